The Balaban J connectivity index is 2.48. The SMILES string of the molecule is CCC(C=N)C(=NC)NC(=O)OCc1ccccc1. The number of ether oxygens (including phenoxy) is 1. The second-order valence-electron chi connectivity index (χ2n) is 3.98. The molecule has 0 aliphatic carbocycles. The Morgan fingerprint density at radius 2 is 2.16 bits per heavy atom. The summed E-state index contributed by atoms with van der Waals surface area (Å²) in [6.07, 6.45) is 1.42. The minimum Gasteiger partial charge on any atom is -0.444 e. The molecule has 1 unspecified atom stereocenters. The van der Waals surface area contributed by atoms with Gasteiger partial charge in [-0.2, -0.15) is 0 Å². The molecule has 0 radical (unpaired) electrons. The summed E-state index contributed by atoms with van der Waals surface area (Å²) in [7, 11) is 1.58. The third-order valence-corrected chi connectivity index (χ3v) is 2.68. The van der Waals surface area contributed by atoms with Gasteiger partial charge in [0.1, 0.15) is 12.4 Å². The van der Waals surface area contributed by atoms with Crippen molar-refractivity contribution in [2.24, 2.45) is 10.9 Å². The smallest absolute Gasteiger partial charge is 0.412 e. The molecule has 1 amide bonds. The number of alkyl carbamates (subject to hydrolysis) is 1. The summed E-state index contributed by atoms with van der Waals surface area (Å²) in [6, 6.07) is 9.44. The number of amidine groups is 1. The Bertz CT molecular complexity index is 443. The Kier molecular flexibility index (Phi) is 6.29. The molecule has 0 saturated heterocycles. The molecule has 0 fully saturated rings. The van der Waals surface area contributed by atoms with Gasteiger partial charge in [-0.25, -0.2) is 4.79 Å². The Morgan fingerprint density at radius 1 is 1.47 bits per heavy atom. The number of nitrogens with zero attached hydrogens (tertiary/aromatic N) is 1. The maximum Gasteiger partial charge on any atom is 0.412 e. The lowest BCUT2D eigenvalue weighted by Gasteiger charge is -2.13. The van der Waals surface area contributed by atoms with Crippen LogP contribution in [0.1, 0.15) is 18.9 Å². The minimum absolute atomic E-state index is 0.186. The van der Waals surface area contributed by atoms with E-state index in [1.165, 1.54) is 6.21 Å². The number of aliphatic imine (C=N–C) groups is 1. The van der Waals surface area contributed by atoms with Crippen LogP contribution < -0.4 is 5.32 Å². The van der Waals surface area contributed by atoms with E-state index >= 15 is 0 Å². The van der Waals surface area contributed by atoms with Crippen molar-refractivity contribution < 1.29 is 9.53 Å². The highest BCUT2D eigenvalue weighted by Gasteiger charge is 2.14. The summed E-state index contributed by atoms with van der Waals surface area (Å²) >= 11 is 0. The van der Waals surface area contributed by atoms with Crippen molar-refractivity contribution in [1.82, 2.24) is 5.32 Å². The van der Waals surface area contributed by atoms with Crippen molar-refractivity contribution >= 4 is 18.1 Å². The van der Waals surface area contributed by atoms with Gasteiger partial charge in [-0.3, -0.25) is 10.3 Å². The van der Waals surface area contributed by atoms with Crippen molar-refractivity contribution in [2.75, 3.05) is 7.05 Å². The van der Waals surface area contributed by atoms with E-state index in [1.54, 1.807) is 7.05 Å². The van der Waals surface area contributed by atoms with Crippen LogP contribution in [0.3, 0.4) is 0 Å². The van der Waals surface area contributed by atoms with Crippen LogP contribution in [0.2, 0.25) is 0 Å². The van der Waals surface area contributed by atoms with E-state index in [0.29, 0.717) is 12.3 Å². The van der Waals surface area contributed by atoms with Crippen molar-refractivity contribution in [2.45, 2.75) is 20.0 Å². The van der Waals surface area contributed by atoms with Crippen molar-refractivity contribution in [3.63, 3.8) is 0 Å². The van der Waals surface area contributed by atoms with Crippen LogP contribution in [0, 0.1) is 11.3 Å². The second kappa shape index (κ2) is 8.02. The van der Waals surface area contributed by atoms with Crippen LogP contribution in [0.25, 0.3) is 0 Å². The van der Waals surface area contributed by atoms with Crippen LogP contribution in [0.15, 0.2) is 35.3 Å². The number of hydrogen-bond donors (Lipinski definition) is 2. The largest absolute Gasteiger partial charge is 0.444 e. The quantitative estimate of drug-likeness (QED) is 0.631. The number of benzene rings is 1. The van der Waals surface area contributed by atoms with Gasteiger partial charge in [-0.15, -0.1) is 0 Å². The molecule has 1 atom stereocenters. The van der Waals surface area contributed by atoms with Gasteiger partial charge < -0.3 is 10.1 Å². The van der Waals surface area contributed by atoms with Crippen molar-refractivity contribution in [3.05, 3.63) is 35.9 Å². The standard InChI is InChI=1S/C14H19N3O2/c1-3-12(9-15)13(16-2)17-14(18)19-10-11-7-5-4-6-8-11/h4-9,12,15H,3,10H2,1-2H3,(H,16,17,18). The third-order valence-electron chi connectivity index (χ3n) is 2.68. The average Bonchev–Trinajstić information content (AvgIpc) is 2.46. The summed E-state index contributed by atoms with van der Waals surface area (Å²) in [4.78, 5) is 15.6. The molecular weight excluding hydrogens is 242 g/mol. The summed E-state index contributed by atoms with van der Waals surface area (Å²) in [5.74, 6) is 0.268. The second-order valence-corrected chi connectivity index (χ2v) is 3.98. The van der Waals surface area contributed by atoms with Crippen molar-refractivity contribution in [1.29, 1.82) is 5.41 Å². The highest BCUT2D eigenvalue weighted by molar-refractivity contribution is 6.03. The molecule has 0 saturated carbocycles. The zero-order chi connectivity index (χ0) is 14.1. The fraction of sp³-hybridized carbons (Fsp3) is 0.357. The molecule has 5 heteroatoms. The molecule has 0 heterocycles. The average molecular weight is 261 g/mol. The molecule has 0 aliphatic rings. The lowest BCUT2D eigenvalue weighted by molar-refractivity contribution is 0.145. The monoisotopic (exact) mass is 261 g/mol. The first-order chi connectivity index (χ1) is 9.21. The highest BCUT2D eigenvalue weighted by atomic mass is 16.5. The number of nitrogens with one attached hydrogen (secondary N) is 2. The van der Waals surface area contributed by atoms with E-state index in [0.717, 1.165) is 5.56 Å². The first-order valence-electron chi connectivity index (χ1n) is 6.16. The molecule has 0 bridgehead atoms. The van der Waals surface area contributed by atoms with E-state index < -0.39 is 6.09 Å². The van der Waals surface area contributed by atoms with E-state index in [2.05, 4.69) is 10.3 Å². The van der Waals surface area contributed by atoms with Gasteiger partial charge in [0.25, 0.3) is 0 Å². The predicted molar refractivity (Wildman–Crippen MR) is 75.7 cm³/mol. The van der Waals surface area contributed by atoms with E-state index in [-0.39, 0.29) is 12.5 Å². The molecule has 1 rings (SSSR count). The van der Waals surface area contributed by atoms with Gasteiger partial charge in [-0.05, 0) is 12.0 Å². The topological polar surface area (TPSA) is 74.5 Å². The Hall–Kier alpha value is -2.17. The molecule has 5 nitrogen and oxygen atoms in total. The van der Waals surface area contributed by atoms with E-state index in [4.69, 9.17) is 10.1 Å². The normalized spacial score (nSPS) is 12.6. The number of amides is 1. The Morgan fingerprint density at radius 3 is 2.68 bits per heavy atom. The highest BCUT2D eigenvalue weighted by Crippen LogP contribution is 2.03. The van der Waals surface area contributed by atoms with Crippen LogP contribution in [-0.4, -0.2) is 25.2 Å². The maximum absolute atomic E-state index is 11.6. The third kappa shape index (κ3) is 4.91. The molecule has 19 heavy (non-hydrogen) atoms. The molecule has 0 spiro atoms. The molecule has 1 aromatic rings. The lowest BCUT2D eigenvalue weighted by atomic mass is 10.1. The summed E-state index contributed by atoms with van der Waals surface area (Å²) in [5, 5.41) is 9.85. The van der Waals surface area contributed by atoms with Gasteiger partial charge in [0, 0.05) is 13.3 Å². The predicted octanol–water partition coefficient (Wildman–Crippen LogP) is 2.62. The number of rotatable bonds is 5. The molecule has 102 valence electrons. The van der Waals surface area contributed by atoms with Crippen LogP contribution >= 0.6 is 0 Å². The lowest BCUT2D eigenvalue weighted by Crippen LogP contribution is -2.36. The van der Waals surface area contributed by atoms with E-state index in [9.17, 15) is 4.79 Å². The van der Waals surface area contributed by atoms with Crippen LogP contribution in [0.5, 0.6) is 0 Å². The zero-order valence-electron chi connectivity index (χ0n) is 11.2. The number of carbonyl (C=O) groups excluding carboxylic acids is 1. The fourth-order valence-electron chi connectivity index (χ4n) is 1.57. The van der Waals surface area contributed by atoms with Crippen molar-refractivity contribution in [3.8, 4) is 0 Å². The van der Waals surface area contributed by atoms with Gasteiger partial charge in [0.2, 0.25) is 0 Å². The van der Waals surface area contributed by atoms with Gasteiger partial charge in [0.05, 0.1) is 5.92 Å². The van der Waals surface area contributed by atoms with Gasteiger partial charge in [0.15, 0.2) is 0 Å². The summed E-state index contributed by atoms with van der Waals surface area (Å²) in [5.41, 5.74) is 0.923. The van der Waals surface area contributed by atoms with Gasteiger partial charge >= 0.3 is 6.09 Å². The molecule has 0 aromatic heterocycles. The molecular formula is C14H19N3O2. The number of carbonyl (C=O) groups is 1. The fourth-order valence-corrected chi connectivity index (χ4v) is 1.57. The molecule has 2 N–H and O–H groups in total. The zero-order valence-corrected chi connectivity index (χ0v) is 11.2. The molecule has 1 aromatic carbocycles. The van der Waals surface area contributed by atoms with Crippen LogP contribution in [-0.2, 0) is 11.3 Å². The Labute approximate surface area is 113 Å². The van der Waals surface area contributed by atoms with E-state index in [1.807, 2.05) is 37.3 Å². The summed E-state index contributed by atoms with van der Waals surface area (Å²) in [6.45, 7) is 2.14. The molecule has 0 aliphatic heterocycles. The first-order valence-corrected chi connectivity index (χ1v) is 6.16. The summed E-state index contributed by atoms with van der Waals surface area (Å²) < 4.78 is 5.09. The first kappa shape index (κ1) is 14.9. The van der Waals surface area contributed by atoms with Crippen LogP contribution in [0.4, 0.5) is 4.79 Å². The van der Waals surface area contributed by atoms with Gasteiger partial charge in [-0.1, -0.05) is 37.3 Å². The maximum atomic E-state index is 11.6. The number of hydrogen-bond acceptors (Lipinski definition) is 4. The minimum atomic E-state index is -0.551.